The molecule has 0 radical (unpaired) electrons. The number of anilines is 1. The van der Waals surface area contributed by atoms with Crippen LogP contribution in [-0.2, 0) is 0 Å². The van der Waals surface area contributed by atoms with Gasteiger partial charge in [0.1, 0.15) is 0 Å². The summed E-state index contributed by atoms with van der Waals surface area (Å²) in [5.41, 5.74) is 2.90. The highest BCUT2D eigenvalue weighted by Crippen LogP contribution is 2.29. The van der Waals surface area contributed by atoms with Gasteiger partial charge in [-0.15, -0.1) is 0 Å². The van der Waals surface area contributed by atoms with E-state index >= 15 is 0 Å². The van der Waals surface area contributed by atoms with Crippen LogP contribution < -0.4 is 10.2 Å². The lowest BCUT2D eigenvalue weighted by Gasteiger charge is -2.46. The predicted molar refractivity (Wildman–Crippen MR) is 81.6 cm³/mol. The first-order valence-electron chi connectivity index (χ1n) is 7.34. The minimum Gasteiger partial charge on any atom is -0.364 e. The SMILES string of the molecule is CCC1CNC(C(C)(C)C)CN1c1cnccc1C. The summed E-state index contributed by atoms with van der Waals surface area (Å²) in [6, 6.07) is 3.20. The fourth-order valence-electron chi connectivity index (χ4n) is 2.79. The number of aryl methyl sites for hydroxylation is 1. The number of hydrogen-bond donors (Lipinski definition) is 1. The van der Waals surface area contributed by atoms with Crippen molar-refractivity contribution in [2.45, 2.75) is 53.1 Å². The van der Waals surface area contributed by atoms with Gasteiger partial charge in [-0.2, -0.15) is 0 Å². The van der Waals surface area contributed by atoms with Crippen LogP contribution in [0.1, 0.15) is 39.7 Å². The van der Waals surface area contributed by atoms with E-state index in [0.717, 1.165) is 19.5 Å². The molecule has 19 heavy (non-hydrogen) atoms. The summed E-state index contributed by atoms with van der Waals surface area (Å²) in [5, 5.41) is 3.72. The van der Waals surface area contributed by atoms with E-state index in [0.29, 0.717) is 12.1 Å². The summed E-state index contributed by atoms with van der Waals surface area (Å²) in [7, 11) is 0. The Morgan fingerprint density at radius 1 is 1.42 bits per heavy atom. The normalized spacial score (nSPS) is 24.6. The molecule has 1 fully saturated rings. The van der Waals surface area contributed by atoms with E-state index in [2.05, 4.69) is 55.9 Å². The van der Waals surface area contributed by atoms with Crippen molar-refractivity contribution >= 4 is 5.69 Å². The van der Waals surface area contributed by atoms with Crippen molar-refractivity contribution in [2.24, 2.45) is 5.41 Å². The Bertz CT molecular complexity index is 422. The largest absolute Gasteiger partial charge is 0.364 e. The summed E-state index contributed by atoms with van der Waals surface area (Å²) in [4.78, 5) is 6.86. The molecule has 0 aliphatic carbocycles. The van der Waals surface area contributed by atoms with Crippen LogP contribution in [0.5, 0.6) is 0 Å². The third-order valence-electron chi connectivity index (χ3n) is 4.26. The van der Waals surface area contributed by atoms with Gasteiger partial charge in [0.25, 0.3) is 0 Å². The number of aromatic nitrogens is 1. The number of rotatable bonds is 2. The first-order valence-corrected chi connectivity index (χ1v) is 7.34. The molecule has 0 aromatic carbocycles. The molecular weight excluding hydrogens is 234 g/mol. The van der Waals surface area contributed by atoms with Crippen molar-refractivity contribution in [2.75, 3.05) is 18.0 Å². The summed E-state index contributed by atoms with van der Waals surface area (Å²) in [6.07, 6.45) is 5.06. The Balaban J connectivity index is 2.26. The van der Waals surface area contributed by atoms with Gasteiger partial charge in [-0.3, -0.25) is 4.98 Å². The fraction of sp³-hybridized carbons (Fsp3) is 0.688. The molecule has 0 amide bonds. The van der Waals surface area contributed by atoms with Crippen LogP contribution in [0.2, 0.25) is 0 Å². The second-order valence-electron chi connectivity index (χ2n) is 6.70. The molecule has 2 heterocycles. The summed E-state index contributed by atoms with van der Waals surface area (Å²) in [5.74, 6) is 0. The van der Waals surface area contributed by atoms with Crippen LogP contribution in [0, 0.1) is 12.3 Å². The number of hydrogen-bond acceptors (Lipinski definition) is 3. The third-order valence-corrected chi connectivity index (χ3v) is 4.26. The molecule has 2 atom stereocenters. The van der Waals surface area contributed by atoms with E-state index in [1.165, 1.54) is 11.3 Å². The Labute approximate surface area is 117 Å². The van der Waals surface area contributed by atoms with Crippen LogP contribution in [-0.4, -0.2) is 30.2 Å². The number of nitrogens with zero attached hydrogens (tertiary/aromatic N) is 2. The van der Waals surface area contributed by atoms with Crippen molar-refractivity contribution in [3.63, 3.8) is 0 Å². The molecule has 1 aromatic heterocycles. The van der Waals surface area contributed by atoms with E-state index in [9.17, 15) is 0 Å². The molecule has 2 unspecified atom stereocenters. The topological polar surface area (TPSA) is 28.2 Å². The van der Waals surface area contributed by atoms with Gasteiger partial charge in [-0.1, -0.05) is 27.7 Å². The molecule has 3 heteroatoms. The molecule has 0 saturated carbocycles. The minimum absolute atomic E-state index is 0.285. The van der Waals surface area contributed by atoms with E-state index in [1.54, 1.807) is 0 Å². The van der Waals surface area contributed by atoms with Crippen LogP contribution in [0.25, 0.3) is 0 Å². The summed E-state index contributed by atoms with van der Waals surface area (Å²) >= 11 is 0. The zero-order chi connectivity index (χ0) is 14.0. The van der Waals surface area contributed by atoms with Crippen molar-refractivity contribution in [1.82, 2.24) is 10.3 Å². The highest BCUT2D eigenvalue weighted by molar-refractivity contribution is 5.52. The second-order valence-corrected chi connectivity index (χ2v) is 6.70. The quantitative estimate of drug-likeness (QED) is 0.887. The van der Waals surface area contributed by atoms with Gasteiger partial charge in [0.05, 0.1) is 11.9 Å². The number of piperazine rings is 1. The first-order chi connectivity index (χ1) is 8.93. The highest BCUT2D eigenvalue weighted by Gasteiger charge is 2.33. The van der Waals surface area contributed by atoms with Gasteiger partial charge in [-0.05, 0) is 30.4 Å². The van der Waals surface area contributed by atoms with Crippen LogP contribution >= 0.6 is 0 Å². The second kappa shape index (κ2) is 5.49. The van der Waals surface area contributed by atoms with Gasteiger partial charge in [0.15, 0.2) is 0 Å². The molecule has 3 nitrogen and oxygen atoms in total. The smallest absolute Gasteiger partial charge is 0.0585 e. The van der Waals surface area contributed by atoms with Crippen molar-refractivity contribution < 1.29 is 0 Å². The zero-order valence-electron chi connectivity index (χ0n) is 12.9. The summed E-state index contributed by atoms with van der Waals surface area (Å²) in [6.45, 7) is 13.5. The lowest BCUT2D eigenvalue weighted by molar-refractivity contribution is 0.233. The van der Waals surface area contributed by atoms with Crippen molar-refractivity contribution in [3.05, 3.63) is 24.0 Å². The summed E-state index contributed by atoms with van der Waals surface area (Å²) < 4.78 is 0. The first kappa shape index (κ1) is 14.3. The van der Waals surface area contributed by atoms with Crippen LogP contribution in [0.4, 0.5) is 5.69 Å². The van der Waals surface area contributed by atoms with Gasteiger partial charge in [0.2, 0.25) is 0 Å². The van der Waals surface area contributed by atoms with Crippen molar-refractivity contribution in [3.8, 4) is 0 Å². The molecule has 1 aliphatic heterocycles. The van der Waals surface area contributed by atoms with E-state index in [4.69, 9.17) is 0 Å². The van der Waals surface area contributed by atoms with E-state index < -0.39 is 0 Å². The van der Waals surface area contributed by atoms with Gasteiger partial charge in [0, 0.05) is 31.4 Å². The molecular formula is C16H27N3. The van der Waals surface area contributed by atoms with Crippen LogP contribution in [0.3, 0.4) is 0 Å². The molecule has 1 N–H and O–H groups in total. The molecule has 2 rings (SSSR count). The van der Waals surface area contributed by atoms with Crippen molar-refractivity contribution in [1.29, 1.82) is 0 Å². The zero-order valence-corrected chi connectivity index (χ0v) is 12.9. The fourth-order valence-corrected chi connectivity index (χ4v) is 2.79. The molecule has 106 valence electrons. The van der Waals surface area contributed by atoms with Gasteiger partial charge >= 0.3 is 0 Å². The Kier molecular flexibility index (Phi) is 4.14. The maximum atomic E-state index is 4.31. The van der Waals surface area contributed by atoms with Gasteiger partial charge in [-0.25, -0.2) is 0 Å². The minimum atomic E-state index is 0.285. The highest BCUT2D eigenvalue weighted by atomic mass is 15.2. The van der Waals surface area contributed by atoms with E-state index in [1.807, 2.05) is 12.4 Å². The lowest BCUT2D eigenvalue weighted by atomic mass is 9.84. The average Bonchev–Trinajstić information content (AvgIpc) is 2.37. The standard InChI is InChI=1S/C16H27N3/c1-6-13-9-18-15(16(3,4)5)11-19(13)14-10-17-8-7-12(14)2/h7-8,10,13,15,18H,6,9,11H2,1-5H3. The molecule has 1 saturated heterocycles. The maximum Gasteiger partial charge on any atom is 0.0585 e. The molecule has 0 spiro atoms. The third kappa shape index (κ3) is 3.08. The maximum absolute atomic E-state index is 4.31. The van der Waals surface area contributed by atoms with Crippen LogP contribution in [0.15, 0.2) is 18.5 Å². The Morgan fingerprint density at radius 2 is 2.16 bits per heavy atom. The molecule has 1 aliphatic rings. The van der Waals surface area contributed by atoms with E-state index in [-0.39, 0.29) is 5.41 Å². The Hall–Kier alpha value is -1.09. The Morgan fingerprint density at radius 3 is 2.74 bits per heavy atom. The lowest BCUT2D eigenvalue weighted by Crippen LogP contribution is -2.60. The number of pyridine rings is 1. The molecule has 1 aromatic rings. The average molecular weight is 261 g/mol. The predicted octanol–water partition coefficient (Wildman–Crippen LogP) is 2.99. The number of nitrogens with one attached hydrogen (secondary N) is 1. The van der Waals surface area contributed by atoms with Gasteiger partial charge < -0.3 is 10.2 Å². The monoisotopic (exact) mass is 261 g/mol. The molecule has 0 bridgehead atoms.